The van der Waals surface area contributed by atoms with Crippen LogP contribution in [0.25, 0.3) is 20.3 Å². The summed E-state index contributed by atoms with van der Waals surface area (Å²) in [5, 5.41) is 4.87. The third-order valence-corrected chi connectivity index (χ3v) is 7.45. The Morgan fingerprint density at radius 2 is 1.97 bits per heavy atom. The van der Waals surface area contributed by atoms with E-state index < -0.39 is 0 Å². The van der Waals surface area contributed by atoms with E-state index in [1.807, 2.05) is 18.2 Å². The van der Waals surface area contributed by atoms with Crippen molar-refractivity contribution in [1.82, 2.24) is 4.98 Å². The van der Waals surface area contributed by atoms with Crippen LogP contribution in [0.1, 0.15) is 9.67 Å². The average Bonchev–Trinajstić information content (AvgIpc) is 3.29. The molecule has 1 amide bonds. The van der Waals surface area contributed by atoms with Crippen LogP contribution in [0, 0.1) is 5.82 Å². The predicted molar refractivity (Wildman–Crippen MR) is 117 cm³/mol. The highest BCUT2D eigenvalue weighted by Gasteiger charge is 2.19. The van der Waals surface area contributed by atoms with Crippen molar-refractivity contribution < 1.29 is 13.9 Å². The lowest BCUT2D eigenvalue weighted by Gasteiger charge is -2.25. The molecule has 1 saturated heterocycles. The lowest BCUT2D eigenvalue weighted by atomic mass is 10.2. The molecular weight excluding hydrogens is 433 g/mol. The highest BCUT2D eigenvalue weighted by molar-refractivity contribution is 7.22. The van der Waals surface area contributed by atoms with Crippen LogP contribution in [-0.4, -0.2) is 37.2 Å². The van der Waals surface area contributed by atoms with Crippen LogP contribution in [-0.2, 0) is 4.74 Å². The van der Waals surface area contributed by atoms with Crippen LogP contribution < -0.4 is 10.2 Å². The first-order chi connectivity index (χ1) is 14.1. The second-order valence-electron chi connectivity index (χ2n) is 6.62. The van der Waals surface area contributed by atoms with E-state index in [1.165, 1.54) is 23.5 Å². The normalized spacial score (nSPS) is 14.6. The van der Waals surface area contributed by atoms with Gasteiger partial charge in [0.1, 0.15) is 10.7 Å². The van der Waals surface area contributed by atoms with Crippen molar-refractivity contribution in [2.45, 2.75) is 0 Å². The van der Waals surface area contributed by atoms with E-state index in [-0.39, 0.29) is 11.7 Å². The summed E-state index contributed by atoms with van der Waals surface area (Å²) >= 11 is 9.13. The Hall–Kier alpha value is -2.26. The monoisotopic (exact) mass is 447 g/mol. The molecule has 0 unspecified atom stereocenters. The fourth-order valence-corrected chi connectivity index (χ4v) is 5.75. The number of anilines is 2. The van der Waals surface area contributed by atoms with Gasteiger partial charge in [0.15, 0.2) is 5.13 Å². The van der Waals surface area contributed by atoms with Gasteiger partial charge in [0.05, 0.1) is 28.5 Å². The fourth-order valence-electron chi connectivity index (χ4n) is 3.25. The van der Waals surface area contributed by atoms with Crippen molar-refractivity contribution in [1.29, 1.82) is 0 Å². The third kappa shape index (κ3) is 3.57. The van der Waals surface area contributed by atoms with Gasteiger partial charge in [-0.1, -0.05) is 22.9 Å². The molecule has 0 bridgehead atoms. The fraction of sp³-hybridized carbons (Fsp3) is 0.200. The number of rotatable bonds is 3. The van der Waals surface area contributed by atoms with Gasteiger partial charge in [-0.2, -0.15) is 0 Å². The minimum atomic E-state index is -0.353. The van der Waals surface area contributed by atoms with Crippen LogP contribution in [0.4, 0.5) is 15.2 Å². The van der Waals surface area contributed by atoms with Crippen molar-refractivity contribution >= 4 is 71.3 Å². The molecule has 1 N–H and O–H groups in total. The summed E-state index contributed by atoms with van der Waals surface area (Å²) < 4.78 is 20.5. The Morgan fingerprint density at radius 3 is 2.79 bits per heavy atom. The maximum absolute atomic E-state index is 13.5. The predicted octanol–water partition coefficient (Wildman–Crippen LogP) is 5.39. The van der Waals surface area contributed by atoms with Gasteiger partial charge in [0.25, 0.3) is 5.91 Å². The molecule has 2 aromatic carbocycles. The maximum Gasteiger partial charge on any atom is 0.267 e. The summed E-state index contributed by atoms with van der Waals surface area (Å²) in [5.41, 5.74) is 1.56. The highest BCUT2D eigenvalue weighted by Crippen LogP contribution is 2.36. The molecule has 1 aliphatic rings. The number of thiophene rings is 1. The molecule has 2 aromatic heterocycles. The van der Waals surface area contributed by atoms with Gasteiger partial charge < -0.3 is 15.0 Å². The van der Waals surface area contributed by atoms with Crippen molar-refractivity contribution in [3.8, 4) is 0 Å². The smallest absolute Gasteiger partial charge is 0.267 e. The number of thiazole rings is 1. The van der Waals surface area contributed by atoms with E-state index in [1.54, 1.807) is 17.4 Å². The van der Waals surface area contributed by atoms with Gasteiger partial charge in [-0.25, -0.2) is 9.37 Å². The zero-order valence-corrected chi connectivity index (χ0v) is 17.5. The van der Waals surface area contributed by atoms with Gasteiger partial charge in [-0.3, -0.25) is 4.79 Å². The summed E-state index contributed by atoms with van der Waals surface area (Å²) in [5.74, 6) is -0.664. The van der Waals surface area contributed by atoms with Crippen molar-refractivity contribution in [3.63, 3.8) is 0 Å². The summed E-state index contributed by atoms with van der Waals surface area (Å²) in [7, 11) is 0. The Balaban J connectivity index is 1.41. The van der Waals surface area contributed by atoms with E-state index >= 15 is 0 Å². The minimum absolute atomic E-state index is 0.311. The molecule has 148 valence electrons. The molecule has 0 saturated carbocycles. The van der Waals surface area contributed by atoms with E-state index in [0.29, 0.717) is 38.9 Å². The summed E-state index contributed by atoms with van der Waals surface area (Å²) in [6.45, 7) is 3.07. The first kappa shape index (κ1) is 18.7. The molecule has 1 aliphatic heterocycles. The summed E-state index contributed by atoms with van der Waals surface area (Å²) in [6, 6.07) is 9.95. The first-order valence-corrected chi connectivity index (χ1v) is 11.0. The Kier molecular flexibility index (Phi) is 4.87. The second-order valence-corrected chi connectivity index (χ2v) is 9.06. The molecule has 9 heteroatoms. The lowest BCUT2D eigenvalue weighted by Crippen LogP contribution is -2.36. The van der Waals surface area contributed by atoms with Crippen LogP contribution in [0.15, 0.2) is 36.4 Å². The van der Waals surface area contributed by atoms with E-state index in [9.17, 15) is 9.18 Å². The van der Waals surface area contributed by atoms with E-state index in [0.717, 1.165) is 28.4 Å². The van der Waals surface area contributed by atoms with Crippen molar-refractivity contribution in [2.75, 3.05) is 36.5 Å². The molecule has 1 fully saturated rings. The van der Waals surface area contributed by atoms with E-state index in [4.69, 9.17) is 16.3 Å². The number of amides is 1. The summed E-state index contributed by atoms with van der Waals surface area (Å²) in [4.78, 5) is 20.0. The van der Waals surface area contributed by atoms with Gasteiger partial charge in [-0.15, -0.1) is 11.3 Å². The van der Waals surface area contributed by atoms with Gasteiger partial charge in [0.2, 0.25) is 0 Å². The minimum Gasteiger partial charge on any atom is -0.378 e. The molecule has 29 heavy (non-hydrogen) atoms. The number of carbonyl (C=O) groups excluding carboxylic acids is 1. The maximum atomic E-state index is 13.5. The Labute approximate surface area is 178 Å². The molecule has 5 rings (SSSR count). The van der Waals surface area contributed by atoms with Gasteiger partial charge in [0, 0.05) is 28.9 Å². The Morgan fingerprint density at radius 1 is 1.14 bits per heavy atom. The second kappa shape index (κ2) is 7.53. The van der Waals surface area contributed by atoms with Gasteiger partial charge in [-0.05, 0) is 36.4 Å². The largest absolute Gasteiger partial charge is 0.378 e. The SMILES string of the molecule is O=C(Nc1ccc2nc(N3CCOCC3)sc2c1)c1sc2cc(F)ccc2c1Cl. The Bertz CT molecular complexity index is 1230. The molecule has 0 atom stereocenters. The topological polar surface area (TPSA) is 54.5 Å². The number of aromatic nitrogens is 1. The number of hydrogen-bond acceptors (Lipinski definition) is 6. The quantitative estimate of drug-likeness (QED) is 0.457. The molecule has 5 nitrogen and oxygen atoms in total. The lowest BCUT2D eigenvalue weighted by molar-refractivity contribution is 0.103. The number of halogens is 2. The van der Waals surface area contributed by atoms with E-state index in [2.05, 4.69) is 15.2 Å². The molecular formula is C20H15ClFN3O2S2. The third-order valence-electron chi connectivity index (χ3n) is 4.71. The van der Waals surface area contributed by atoms with Crippen LogP contribution >= 0.6 is 34.3 Å². The number of nitrogens with zero attached hydrogens (tertiary/aromatic N) is 2. The molecule has 0 radical (unpaired) electrons. The number of morpholine rings is 1. The number of carbonyl (C=O) groups is 1. The highest BCUT2D eigenvalue weighted by atomic mass is 35.5. The van der Waals surface area contributed by atoms with Crippen LogP contribution in [0.3, 0.4) is 0 Å². The summed E-state index contributed by atoms with van der Waals surface area (Å²) in [6.07, 6.45) is 0. The zero-order chi connectivity index (χ0) is 20.0. The zero-order valence-electron chi connectivity index (χ0n) is 15.1. The standard InChI is InChI=1S/C20H15ClFN3O2S2/c21-17-13-3-1-11(22)9-15(13)28-18(17)19(26)23-12-2-4-14-16(10-12)29-20(24-14)25-5-7-27-8-6-25/h1-4,9-10H,5-8H2,(H,23,26). The van der Waals surface area contributed by atoms with Crippen molar-refractivity contribution in [3.05, 3.63) is 52.1 Å². The number of ether oxygens (including phenoxy) is 1. The molecule has 3 heterocycles. The number of benzene rings is 2. The molecule has 0 spiro atoms. The average molecular weight is 448 g/mol. The van der Waals surface area contributed by atoms with Crippen LogP contribution in [0.2, 0.25) is 5.02 Å². The molecule has 0 aliphatic carbocycles. The number of hydrogen-bond donors (Lipinski definition) is 1. The number of fused-ring (bicyclic) bond motifs is 2. The van der Waals surface area contributed by atoms with Gasteiger partial charge >= 0.3 is 0 Å². The first-order valence-electron chi connectivity index (χ1n) is 9.01. The molecule has 4 aromatic rings. The van der Waals surface area contributed by atoms with Crippen LogP contribution in [0.5, 0.6) is 0 Å². The number of nitrogens with one attached hydrogen (secondary N) is 1. The van der Waals surface area contributed by atoms with Crippen molar-refractivity contribution in [2.24, 2.45) is 0 Å².